The summed E-state index contributed by atoms with van der Waals surface area (Å²) in [5, 5.41) is 9.39. The summed E-state index contributed by atoms with van der Waals surface area (Å²) in [5.74, 6) is 2.22. The van der Waals surface area contributed by atoms with Crippen molar-refractivity contribution in [3.63, 3.8) is 0 Å². The number of hydrogen-bond acceptors (Lipinski definition) is 3. The molecule has 0 radical (unpaired) electrons. The van der Waals surface area contributed by atoms with Crippen molar-refractivity contribution in [2.75, 3.05) is 7.11 Å². The van der Waals surface area contributed by atoms with Crippen LogP contribution in [0.4, 0.5) is 0 Å². The van der Waals surface area contributed by atoms with E-state index in [1.807, 2.05) is 6.08 Å². The molecule has 1 rings (SSSR count). The summed E-state index contributed by atoms with van der Waals surface area (Å²) in [5.41, 5.74) is 0.576. The summed E-state index contributed by atoms with van der Waals surface area (Å²) in [6.07, 6.45) is 9.20. The molecule has 2 atom stereocenters. The van der Waals surface area contributed by atoms with Crippen LogP contribution in [-0.2, 0) is 4.74 Å². The van der Waals surface area contributed by atoms with Crippen LogP contribution < -0.4 is 0 Å². The van der Waals surface area contributed by atoms with Crippen molar-refractivity contribution in [3.8, 4) is 12.3 Å². The van der Waals surface area contributed by atoms with Crippen LogP contribution in [0, 0.1) is 12.3 Å². The fraction of sp³-hybridized carbons (Fsp3) is 0.300. The first-order valence-electron chi connectivity index (χ1n) is 3.80. The smallest absolute Gasteiger partial charge is 0.141 e. The van der Waals surface area contributed by atoms with E-state index >= 15 is 0 Å². The number of hydrogen-bond donors (Lipinski definition) is 1. The van der Waals surface area contributed by atoms with E-state index in [0.717, 1.165) is 0 Å². The van der Waals surface area contributed by atoms with Crippen LogP contribution in [0.2, 0.25) is 0 Å². The highest BCUT2D eigenvalue weighted by Gasteiger charge is 2.21. The quantitative estimate of drug-likeness (QED) is 0.522. The van der Waals surface area contributed by atoms with Crippen molar-refractivity contribution >= 4 is 17.1 Å². The number of thiocarbonyl (C=S) groups is 1. The van der Waals surface area contributed by atoms with E-state index in [1.54, 1.807) is 19.3 Å². The van der Waals surface area contributed by atoms with E-state index in [0.29, 0.717) is 10.4 Å². The minimum atomic E-state index is -0.935. The van der Waals surface area contributed by atoms with Crippen LogP contribution in [0.3, 0.4) is 0 Å². The Bertz CT molecular complexity index is 309. The summed E-state index contributed by atoms with van der Waals surface area (Å²) in [4.78, 5) is 0.551. The third-order valence-corrected chi connectivity index (χ3v) is 2.28. The fourth-order valence-corrected chi connectivity index (χ4v) is 1.45. The third kappa shape index (κ3) is 2.04. The zero-order valence-electron chi connectivity index (χ0n) is 7.23. The van der Waals surface area contributed by atoms with E-state index in [-0.39, 0.29) is 6.10 Å². The van der Waals surface area contributed by atoms with Gasteiger partial charge in [0.1, 0.15) is 12.2 Å². The molecule has 0 saturated carbocycles. The molecule has 68 valence electrons. The summed E-state index contributed by atoms with van der Waals surface area (Å²) in [7, 11) is 1.56. The van der Waals surface area contributed by atoms with Crippen LogP contribution in [0.1, 0.15) is 0 Å². The van der Waals surface area contributed by atoms with Gasteiger partial charge in [0.15, 0.2) is 0 Å². The standard InChI is InChI=1S/C10H10O2S/c1-3-8(11)7-5-4-6-9(12-2)10(7)13/h1,4-6,8-9,11H,2H3. The molecule has 1 aliphatic rings. The first kappa shape index (κ1) is 10.1. The van der Waals surface area contributed by atoms with Gasteiger partial charge in [-0.3, -0.25) is 0 Å². The molecular weight excluding hydrogens is 184 g/mol. The maximum Gasteiger partial charge on any atom is 0.141 e. The minimum absolute atomic E-state index is 0.252. The molecule has 0 aliphatic heterocycles. The predicted molar refractivity (Wildman–Crippen MR) is 55.5 cm³/mol. The molecule has 2 unspecified atom stereocenters. The summed E-state index contributed by atoms with van der Waals surface area (Å²) in [6, 6.07) is 0. The Balaban J connectivity index is 2.89. The van der Waals surface area contributed by atoms with Crippen LogP contribution in [0.5, 0.6) is 0 Å². The lowest BCUT2D eigenvalue weighted by Crippen LogP contribution is -2.28. The Morgan fingerprint density at radius 1 is 1.77 bits per heavy atom. The molecule has 0 bridgehead atoms. The van der Waals surface area contributed by atoms with Crippen LogP contribution in [-0.4, -0.2) is 29.3 Å². The van der Waals surface area contributed by atoms with Crippen molar-refractivity contribution in [3.05, 3.63) is 23.8 Å². The van der Waals surface area contributed by atoms with Crippen LogP contribution in [0.15, 0.2) is 23.8 Å². The summed E-state index contributed by atoms with van der Waals surface area (Å²) >= 11 is 5.09. The van der Waals surface area contributed by atoms with Crippen molar-refractivity contribution in [1.29, 1.82) is 0 Å². The Morgan fingerprint density at radius 2 is 2.46 bits per heavy atom. The van der Waals surface area contributed by atoms with E-state index in [1.165, 1.54) is 0 Å². The number of aliphatic hydroxyl groups is 1. The minimum Gasteiger partial charge on any atom is -0.376 e. The SMILES string of the molecule is C#CC(O)C1=CC=CC(OC)C1=S. The molecule has 0 amide bonds. The number of allylic oxidation sites excluding steroid dienone is 2. The monoisotopic (exact) mass is 194 g/mol. The van der Waals surface area contributed by atoms with Gasteiger partial charge in [-0.05, 0) is 0 Å². The molecule has 0 saturated heterocycles. The van der Waals surface area contributed by atoms with E-state index in [2.05, 4.69) is 5.92 Å². The number of methoxy groups -OCH3 is 1. The van der Waals surface area contributed by atoms with Gasteiger partial charge in [-0.2, -0.15) is 0 Å². The number of ether oxygens (including phenoxy) is 1. The molecule has 0 aromatic rings. The maximum absolute atomic E-state index is 9.39. The highest BCUT2D eigenvalue weighted by Crippen LogP contribution is 2.16. The van der Waals surface area contributed by atoms with Gasteiger partial charge in [0.2, 0.25) is 0 Å². The van der Waals surface area contributed by atoms with Crippen molar-refractivity contribution in [2.24, 2.45) is 0 Å². The Morgan fingerprint density at radius 3 is 3.00 bits per heavy atom. The van der Waals surface area contributed by atoms with Crippen LogP contribution >= 0.6 is 12.2 Å². The largest absolute Gasteiger partial charge is 0.376 e. The van der Waals surface area contributed by atoms with Gasteiger partial charge in [0.25, 0.3) is 0 Å². The second-order valence-corrected chi connectivity index (χ2v) is 3.04. The second kappa shape index (κ2) is 4.33. The van der Waals surface area contributed by atoms with E-state index in [9.17, 15) is 5.11 Å². The molecule has 2 nitrogen and oxygen atoms in total. The lowest BCUT2D eigenvalue weighted by Gasteiger charge is -2.19. The van der Waals surface area contributed by atoms with Gasteiger partial charge in [-0.1, -0.05) is 36.4 Å². The predicted octanol–water partition coefficient (Wildman–Crippen LogP) is 0.862. The van der Waals surface area contributed by atoms with Gasteiger partial charge < -0.3 is 9.84 Å². The molecule has 0 aromatic heterocycles. The topological polar surface area (TPSA) is 29.5 Å². The molecule has 1 aliphatic carbocycles. The van der Waals surface area contributed by atoms with Crippen molar-refractivity contribution in [1.82, 2.24) is 0 Å². The van der Waals surface area contributed by atoms with Crippen LogP contribution in [0.25, 0.3) is 0 Å². The molecule has 13 heavy (non-hydrogen) atoms. The number of terminal acetylenes is 1. The molecule has 0 spiro atoms. The first-order chi connectivity index (χ1) is 6.20. The Labute approximate surface area is 82.9 Å². The average Bonchev–Trinajstić information content (AvgIpc) is 2.17. The van der Waals surface area contributed by atoms with Crippen molar-refractivity contribution < 1.29 is 9.84 Å². The zero-order chi connectivity index (χ0) is 9.84. The summed E-state index contributed by atoms with van der Waals surface area (Å²) < 4.78 is 5.08. The molecule has 3 heteroatoms. The van der Waals surface area contributed by atoms with Gasteiger partial charge >= 0.3 is 0 Å². The van der Waals surface area contributed by atoms with Gasteiger partial charge in [-0.25, -0.2) is 0 Å². The fourth-order valence-electron chi connectivity index (χ4n) is 1.10. The van der Waals surface area contributed by atoms with Gasteiger partial charge in [0, 0.05) is 12.7 Å². The third-order valence-electron chi connectivity index (χ3n) is 1.81. The molecular formula is C10H10O2S. The number of aliphatic hydroxyl groups excluding tert-OH is 1. The highest BCUT2D eigenvalue weighted by atomic mass is 32.1. The Kier molecular flexibility index (Phi) is 3.38. The second-order valence-electron chi connectivity index (χ2n) is 2.60. The number of rotatable bonds is 2. The lowest BCUT2D eigenvalue weighted by atomic mass is 9.98. The maximum atomic E-state index is 9.39. The van der Waals surface area contributed by atoms with E-state index < -0.39 is 6.10 Å². The average molecular weight is 194 g/mol. The normalized spacial score (nSPS) is 23.6. The van der Waals surface area contributed by atoms with Gasteiger partial charge in [-0.15, -0.1) is 6.42 Å². The van der Waals surface area contributed by atoms with Crippen molar-refractivity contribution in [2.45, 2.75) is 12.2 Å². The summed E-state index contributed by atoms with van der Waals surface area (Å²) in [6.45, 7) is 0. The van der Waals surface area contributed by atoms with E-state index in [4.69, 9.17) is 23.4 Å². The lowest BCUT2D eigenvalue weighted by molar-refractivity contribution is 0.190. The van der Waals surface area contributed by atoms with Gasteiger partial charge in [0.05, 0.1) is 4.86 Å². The first-order valence-corrected chi connectivity index (χ1v) is 4.21. The molecule has 1 N–H and O–H groups in total. The highest BCUT2D eigenvalue weighted by molar-refractivity contribution is 7.81. The molecule has 0 fully saturated rings. The molecule has 0 aromatic carbocycles. The molecule has 0 heterocycles. The zero-order valence-corrected chi connectivity index (χ0v) is 8.04. The Hall–Kier alpha value is -0.950.